The highest BCUT2D eigenvalue weighted by Gasteiger charge is 2.23. The molecule has 0 atom stereocenters. The van der Waals surface area contributed by atoms with E-state index < -0.39 is 10.0 Å². The lowest BCUT2D eigenvalue weighted by Crippen LogP contribution is -2.26. The van der Waals surface area contributed by atoms with E-state index in [1.54, 1.807) is 24.5 Å². The Kier molecular flexibility index (Phi) is 4.14. The third kappa shape index (κ3) is 3.09. The number of hydrogen-bond donors (Lipinski definition) is 0. The van der Waals surface area contributed by atoms with Gasteiger partial charge < -0.3 is 0 Å². The molecule has 0 bridgehead atoms. The summed E-state index contributed by atoms with van der Waals surface area (Å²) in [5, 5.41) is 0.163. The predicted molar refractivity (Wildman–Crippen MR) is 72.1 cm³/mol. The van der Waals surface area contributed by atoms with Crippen molar-refractivity contribution >= 4 is 21.6 Å². The summed E-state index contributed by atoms with van der Waals surface area (Å²) >= 11 is 5.90. The fourth-order valence-corrected chi connectivity index (χ4v) is 3.11. The maximum atomic E-state index is 12.3. The summed E-state index contributed by atoms with van der Waals surface area (Å²) in [6.07, 6.45) is 5.94. The van der Waals surface area contributed by atoms with Crippen molar-refractivity contribution in [2.45, 2.75) is 11.4 Å². The molecule has 0 spiro atoms. The van der Waals surface area contributed by atoms with Crippen molar-refractivity contribution in [1.29, 1.82) is 0 Å². The zero-order chi connectivity index (χ0) is 13.9. The van der Waals surface area contributed by atoms with Crippen LogP contribution >= 0.6 is 11.6 Å². The lowest BCUT2D eigenvalue weighted by molar-refractivity contribution is 0.466. The molecule has 0 aromatic carbocycles. The lowest BCUT2D eigenvalue weighted by atomic mass is 10.3. The lowest BCUT2D eigenvalue weighted by Gasteiger charge is -2.17. The number of nitrogens with zero attached hydrogens (tertiary/aromatic N) is 3. The molecule has 0 aliphatic carbocycles. The SMILES string of the molecule is CN(Cc1ccncc1)S(=O)(=O)c1cnccc1Cl. The first-order valence-electron chi connectivity index (χ1n) is 5.46. The molecule has 2 heterocycles. The number of aromatic nitrogens is 2. The van der Waals surface area contributed by atoms with Crippen molar-refractivity contribution in [2.24, 2.45) is 0 Å². The van der Waals surface area contributed by atoms with E-state index in [0.717, 1.165) is 5.56 Å². The van der Waals surface area contributed by atoms with Gasteiger partial charge in [0.1, 0.15) is 4.90 Å². The third-order valence-electron chi connectivity index (χ3n) is 2.58. The molecular formula is C12H12ClN3O2S. The molecule has 2 aromatic rings. The second-order valence-corrected chi connectivity index (χ2v) is 6.34. The monoisotopic (exact) mass is 297 g/mol. The normalized spacial score (nSPS) is 11.7. The molecule has 2 aromatic heterocycles. The van der Waals surface area contributed by atoms with Gasteiger partial charge in [-0.1, -0.05) is 11.6 Å². The highest BCUT2D eigenvalue weighted by molar-refractivity contribution is 7.89. The predicted octanol–water partition coefficient (Wildman–Crippen LogP) is 1.95. The highest BCUT2D eigenvalue weighted by Crippen LogP contribution is 2.23. The van der Waals surface area contributed by atoms with E-state index >= 15 is 0 Å². The molecular weight excluding hydrogens is 286 g/mol. The number of hydrogen-bond acceptors (Lipinski definition) is 4. The van der Waals surface area contributed by atoms with Gasteiger partial charge in [-0.2, -0.15) is 4.31 Å². The second-order valence-electron chi connectivity index (χ2n) is 3.92. The fourth-order valence-electron chi connectivity index (χ4n) is 1.55. The molecule has 0 radical (unpaired) electrons. The molecule has 5 nitrogen and oxygen atoms in total. The number of rotatable bonds is 4. The quantitative estimate of drug-likeness (QED) is 0.865. The summed E-state index contributed by atoms with van der Waals surface area (Å²) in [5.41, 5.74) is 0.848. The first kappa shape index (κ1) is 13.9. The molecule has 0 saturated heterocycles. The molecule has 0 unspecified atom stereocenters. The van der Waals surface area contributed by atoms with Gasteiger partial charge in [-0.15, -0.1) is 0 Å². The Bertz CT molecular complexity index is 662. The Hall–Kier alpha value is -1.50. The molecule has 100 valence electrons. The van der Waals surface area contributed by atoms with Crippen molar-refractivity contribution in [3.8, 4) is 0 Å². The van der Waals surface area contributed by atoms with Gasteiger partial charge in [0.25, 0.3) is 0 Å². The number of halogens is 1. The van der Waals surface area contributed by atoms with Crippen molar-refractivity contribution in [3.05, 3.63) is 53.6 Å². The summed E-state index contributed by atoms with van der Waals surface area (Å²) < 4.78 is 25.9. The fraction of sp³-hybridized carbons (Fsp3) is 0.167. The Balaban J connectivity index is 2.28. The number of sulfonamides is 1. The van der Waals surface area contributed by atoms with Crippen molar-refractivity contribution in [1.82, 2.24) is 14.3 Å². The first-order valence-corrected chi connectivity index (χ1v) is 7.28. The summed E-state index contributed by atoms with van der Waals surface area (Å²) in [5.74, 6) is 0. The second kappa shape index (κ2) is 5.64. The third-order valence-corrected chi connectivity index (χ3v) is 4.85. The van der Waals surface area contributed by atoms with E-state index in [-0.39, 0.29) is 16.5 Å². The minimum atomic E-state index is -3.65. The van der Waals surface area contributed by atoms with E-state index in [2.05, 4.69) is 9.97 Å². The Morgan fingerprint density at radius 3 is 2.42 bits per heavy atom. The number of pyridine rings is 2. The van der Waals surface area contributed by atoms with Crippen LogP contribution in [0.15, 0.2) is 47.9 Å². The minimum Gasteiger partial charge on any atom is -0.265 e. The van der Waals surface area contributed by atoms with Crippen LogP contribution in [0.25, 0.3) is 0 Å². The van der Waals surface area contributed by atoms with Crippen molar-refractivity contribution in [3.63, 3.8) is 0 Å². The van der Waals surface area contributed by atoms with Gasteiger partial charge in [-0.3, -0.25) is 9.97 Å². The minimum absolute atomic E-state index is 0.00761. The smallest absolute Gasteiger partial charge is 0.246 e. The highest BCUT2D eigenvalue weighted by atomic mass is 35.5. The molecule has 19 heavy (non-hydrogen) atoms. The maximum absolute atomic E-state index is 12.3. The molecule has 0 aliphatic heterocycles. The molecule has 0 saturated carbocycles. The standard InChI is InChI=1S/C12H12ClN3O2S/c1-16(9-10-2-5-14-6-3-10)19(17,18)12-8-15-7-4-11(12)13/h2-8H,9H2,1H3. The van der Waals surface area contributed by atoms with Crippen LogP contribution in [-0.2, 0) is 16.6 Å². The van der Waals surface area contributed by atoms with E-state index in [1.165, 1.54) is 29.8 Å². The topological polar surface area (TPSA) is 63.2 Å². The molecule has 0 N–H and O–H groups in total. The van der Waals surface area contributed by atoms with Gasteiger partial charge in [-0.25, -0.2) is 8.42 Å². The Labute approximate surface area is 116 Å². The van der Waals surface area contributed by atoms with Gasteiger partial charge in [0.15, 0.2) is 0 Å². The zero-order valence-corrected chi connectivity index (χ0v) is 11.8. The molecule has 0 aliphatic rings. The van der Waals surface area contributed by atoms with Crippen LogP contribution in [0.3, 0.4) is 0 Å². The van der Waals surface area contributed by atoms with Gasteiger partial charge in [0.05, 0.1) is 5.02 Å². The van der Waals surface area contributed by atoms with Gasteiger partial charge in [-0.05, 0) is 23.8 Å². The van der Waals surface area contributed by atoms with Gasteiger partial charge in [0.2, 0.25) is 10.0 Å². The maximum Gasteiger partial charge on any atom is 0.246 e. The van der Waals surface area contributed by atoms with E-state index in [0.29, 0.717) is 0 Å². The average Bonchev–Trinajstić information content (AvgIpc) is 2.40. The Morgan fingerprint density at radius 2 is 1.79 bits per heavy atom. The van der Waals surface area contributed by atoms with Crippen LogP contribution < -0.4 is 0 Å². The van der Waals surface area contributed by atoms with E-state index in [4.69, 9.17) is 11.6 Å². The average molecular weight is 298 g/mol. The van der Waals surface area contributed by atoms with Gasteiger partial charge in [0, 0.05) is 38.4 Å². The molecule has 2 rings (SSSR count). The van der Waals surface area contributed by atoms with Crippen LogP contribution in [0.4, 0.5) is 0 Å². The molecule has 0 amide bonds. The van der Waals surface area contributed by atoms with E-state index in [1.807, 2.05) is 0 Å². The molecule has 0 fully saturated rings. The zero-order valence-electron chi connectivity index (χ0n) is 10.2. The largest absolute Gasteiger partial charge is 0.265 e. The van der Waals surface area contributed by atoms with Crippen molar-refractivity contribution in [2.75, 3.05) is 7.05 Å². The Morgan fingerprint density at radius 1 is 1.16 bits per heavy atom. The van der Waals surface area contributed by atoms with Crippen LogP contribution in [0.5, 0.6) is 0 Å². The van der Waals surface area contributed by atoms with E-state index in [9.17, 15) is 8.42 Å². The summed E-state index contributed by atoms with van der Waals surface area (Å²) in [6, 6.07) is 4.97. The summed E-state index contributed by atoms with van der Waals surface area (Å²) in [4.78, 5) is 7.70. The van der Waals surface area contributed by atoms with Crippen molar-refractivity contribution < 1.29 is 8.42 Å². The first-order chi connectivity index (χ1) is 9.01. The summed E-state index contributed by atoms with van der Waals surface area (Å²) in [6.45, 7) is 0.246. The van der Waals surface area contributed by atoms with Crippen LogP contribution in [0.2, 0.25) is 5.02 Å². The van der Waals surface area contributed by atoms with Crippen LogP contribution in [0, 0.1) is 0 Å². The van der Waals surface area contributed by atoms with Gasteiger partial charge >= 0.3 is 0 Å². The summed E-state index contributed by atoms with van der Waals surface area (Å²) in [7, 11) is -2.15. The van der Waals surface area contributed by atoms with Crippen LogP contribution in [0.1, 0.15) is 5.56 Å². The molecule has 7 heteroatoms. The van der Waals surface area contributed by atoms with Crippen LogP contribution in [-0.4, -0.2) is 29.7 Å².